The number of alkyl halides is 3. The maximum absolute atomic E-state index is 12.3. The van der Waals surface area contributed by atoms with Crippen molar-refractivity contribution >= 4 is 11.8 Å². The summed E-state index contributed by atoms with van der Waals surface area (Å²) in [4.78, 5) is 23.8. The lowest BCUT2D eigenvalue weighted by Crippen LogP contribution is -2.49. The molecule has 2 aliphatic heterocycles. The number of ether oxygens (including phenoxy) is 1. The molecule has 0 saturated carbocycles. The van der Waals surface area contributed by atoms with Crippen molar-refractivity contribution in [3.05, 3.63) is 11.6 Å². The molecule has 0 spiro atoms. The topological polar surface area (TPSA) is 58.6 Å². The quantitative estimate of drug-likeness (QED) is 0.782. The standard InChI is InChI=1S/C14H19F3N2O3/c15-14(16,17)13(21)19-5-1-11(2-6-19)18-12(20)9-10-3-7-22-8-4-10/h9,11H,1-8H2,(H,18,20). The number of carbonyl (C=O) groups excluding carboxylic acids is 2. The minimum absolute atomic E-state index is 0.00764. The van der Waals surface area contributed by atoms with Crippen LogP contribution in [0.3, 0.4) is 0 Å². The van der Waals surface area contributed by atoms with Crippen LogP contribution in [0.2, 0.25) is 0 Å². The van der Waals surface area contributed by atoms with Gasteiger partial charge in [0.1, 0.15) is 0 Å². The van der Waals surface area contributed by atoms with E-state index in [4.69, 9.17) is 4.74 Å². The number of amides is 2. The lowest BCUT2D eigenvalue weighted by Gasteiger charge is -2.32. The molecule has 2 amide bonds. The van der Waals surface area contributed by atoms with Gasteiger partial charge in [0.25, 0.3) is 0 Å². The van der Waals surface area contributed by atoms with Gasteiger partial charge in [0.2, 0.25) is 5.91 Å². The summed E-state index contributed by atoms with van der Waals surface area (Å²) in [5.41, 5.74) is 1.02. The van der Waals surface area contributed by atoms with Gasteiger partial charge >= 0.3 is 12.1 Å². The van der Waals surface area contributed by atoms with Crippen LogP contribution in [-0.4, -0.2) is 55.2 Å². The van der Waals surface area contributed by atoms with Gasteiger partial charge in [-0.2, -0.15) is 13.2 Å². The highest BCUT2D eigenvalue weighted by Crippen LogP contribution is 2.21. The zero-order valence-corrected chi connectivity index (χ0v) is 12.1. The van der Waals surface area contributed by atoms with Crippen molar-refractivity contribution in [3.63, 3.8) is 0 Å². The number of hydrogen-bond acceptors (Lipinski definition) is 3. The number of carbonyl (C=O) groups is 2. The molecule has 1 N–H and O–H groups in total. The number of hydrogen-bond donors (Lipinski definition) is 1. The van der Waals surface area contributed by atoms with E-state index < -0.39 is 12.1 Å². The number of piperidine rings is 1. The Bertz CT molecular complexity index is 447. The fourth-order valence-corrected chi connectivity index (χ4v) is 2.61. The smallest absolute Gasteiger partial charge is 0.381 e. The molecular weight excluding hydrogens is 301 g/mol. The summed E-state index contributed by atoms with van der Waals surface area (Å²) in [6.07, 6.45) is -1.16. The minimum Gasteiger partial charge on any atom is -0.381 e. The molecule has 2 saturated heterocycles. The van der Waals surface area contributed by atoms with Crippen molar-refractivity contribution in [2.75, 3.05) is 26.3 Å². The van der Waals surface area contributed by atoms with E-state index in [1.807, 2.05) is 0 Å². The van der Waals surface area contributed by atoms with Crippen molar-refractivity contribution in [2.45, 2.75) is 37.9 Å². The third-order valence-corrected chi connectivity index (χ3v) is 3.84. The van der Waals surface area contributed by atoms with E-state index in [-0.39, 0.29) is 25.0 Å². The maximum Gasteiger partial charge on any atom is 0.471 e. The Labute approximate surface area is 126 Å². The number of likely N-dealkylation sites (tertiary alicyclic amines) is 1. The second kappa shape index (κ2) is 7.13. The van der Waals surface area contributed by atoms with Crippen LogP contribution in [0.15, 0.2) is 11.6 Å². The lowest BCUT2D eigenvalue weighted by molar-refractivity contribution is -0.186. The Morgan fingerprint density at radius 2 is 1.77 bits per heavy atom. The van der Waals surface area contributed by atoms with Crippen molar-refractivity contribution in [1.82, 2.24) is 10.2 Å². The van der Waals surface area contributed by atoms with Gasteiger partial charge < -0.3 is 15.0 Å². The number of rotatable bonds is 2. The summed E-state index contributed by atoms with van der Waals surface area (Å²) in [6, 6.07) is -0.193. The normalized spacial score (nSPS) is 20.7. The molecule has 0 radical (unpaired) electrons. The van der Waals surface area contributed by atoms with Gasteiger partial charge in [-0.05, 0) is 25.7 Å². The second-order valence-electron chi connectivity index (χ2n) is 5.49. The molecule has 2 fully saturated rings. The van der Waals surface area contributed by atoms with Crippen LogP contribution >= 0.6 is 0 Å². The summed E-state index contributed by atoms with van der Waals surface area (Å²) < 4.78 is 42.2. The molecular formula is C14H19F3N2O3. The molecule has 0 atom stereocenters. The average molecular weight is 320 g/mol. The van der Waals surface area contributed by atoms with Gasteiger partial charge in [-0.1, -0.05) is 5.57 Å². The summed E-state index contributed by atoms with van der Waals surface area (Å²) >= 11 is 0. The first kappa shape index (κ1) is 16.8. The van der Waals surface area contributed by atoms with Crippen LogP contribution in [0.4, 0.5) is 13.2 Å². The highest BCUT2D eigenvalue weighted by atomic mass is 19.4. The minimum atomic E-state index is -4.83. The van der Waals surface area contributed by atoms with E-state index in [1.165, 1.54) is 0 Å². The van der Waals surface area contributed by atoms with Crippen LogP contribution < -0.4 is 5.32 Å². The van der Waals surface area contributed by atoms with Gasteiger partial charge in [0.05, 0.1) is 13.2 Å². The molecule has 22 heavy (non-hydrogen) atoms. The van der Waals surface area contributed by atoms with Crippen molar-refractivity contribution in [1.29, 1.82) is 0 Å². The Balaban J connectivity index is 1.77. The highest BCUT2D eigenvalue weighted by molar-refractivity contribution is 5.88. The zero-order valence-electron chi connectivity index (χ0n) is 12.1. The van der Waals surface area contributed by atoms with Crippen molar-refractivity contribution in [3.8, 4) is 0 Å². The summed E-state index contributed by atoms with van der Waals surface area (Å²) in [6.45, 7) is 1.23. The summed E-state index contributed by atoms with van der Waals surface area (Å²) in [5, 5.41) is 2.79. The largest absolute Gasteiger partial charge is 0.471 e. The Morgan fingerprint density at radius 3 is 2.32 bits per heavy atom. The molecule has 5 nitrogen and oxygen atoms in total. The molecule has 2 rings (SSSR count). The van der Waals surface area contributed by atoms with Crippen LogP contribution in [0, 0.1) is 0 Å². The Kier molecular flexibility index (Phi) is 5.44. The van der Waals surface area contributed by atoms with Crippen molar-refractivity contribution < 1.29 is 27.5 Å². The summed E-state index contributed by atoms with van der Waals surface area (Å²) in [5.74, 6) is -2.03. The van der Waals surface area contributed by atoms with E-state index in [9.17, 15) is 22.8 Å². The third kappa shape index (κ3) is 4.72. The van der Waals surface area contributed by atoms with Gasteiger partial charge in [-0.25, -0.2) is 0 Å². The van der Waals surface area contributed by atoms with Crippen molar-refractivity contribution in [2.24, 2.45) is 0 Å². The predicted octanol–water partition coefficient (Wildman–Crippen LogP) is 1.39. The van der Waals surface area contributed by atoms with E-state index >= 15 is 0 Å². The molecule has 0 aromatic rings. The van der Waals surface area contributed by atoms with Gasteiger partial charge in [-0.15, -0.1) is 0 Å². The van der Waals surface area contributed by atoms with Crippen LogP contribution in [0.5, 0.6) is 0 Å². The average Bonchev–Trinajstić information content (AvgIpc) is 2.47. The molecule has 8 heteroatoms. The van der Waals surface area contributed by atoms with E-state index in [2.05, 4.69) is 5.32 Å². The van der Waals surface area contributed by atoms with E-state index in [0.29, 0.717) is 26.1 Å². The summed E-state index contributed by atoms with van der Waals surface area (Å²) in [7, 11) is 0. The predicted molar refractivity (Wildman–Crippen MR) is 71.9 cm³/mol. The Morgan fingerprint density at radius 1 is 1.18 bits per heavy atom. The van der Waals surface area contributed by atoms with Crippen LogP contribution in [0.25, 0.3) is 0 Å². The third-order valence-electron chi connectivity index (χ3n) is 3.84. The molecule has 0 aromatic heterocycles. The second-order valence-corrected chi connectivity index (χ2v) is 5.49. The molecule has 2 heterocycles. The first-order chi connectivity index (χ1) is 10.4. The van der Waals surface area contributed by atoms with Crippen LogP contribution in [-0.2, 0) is 14.3 Å². The maximum atomic E-state index is 12.3. The van der Waals surface area contributed by atoms with E-state index in [0.717, 1.165) is 23.3 Å². The zero-order chi connectivity index (χ0) is 16.2. The van der Waals surface area contributed by atoms with Gasteiger partial charge in [0.15, 0.2) is 0 Å². The number of nitrogens with one attached hydrogen (secondary N) is 1. The first-order valence-corrected chi connectivity index (χ1v) is 7.30. The molecule has 124 valence electrons. The van der Waals surface area contributed by atoms with Gasteiger partial charge in [-0.3, -0.25) is 9.59 Å². The van der Waals surface area contributed by atoms with Gasteiger partial charge in [0, 0.05) is 25.2 Å². The molecule has 0 aromatic carbocycles. The molecule has 2 aliphatic rings. The lowest BCUT2D eigenvalue weighted by atomic mass is 10.0. The number of halogens is 3. The first-order valence-electron chi connectivity index (χ1n) is 7.30. The monoisotopic (exact) mass is 320 g/mol. The molecule has 0 unspecified atom stereocenters. The number of nitrogens with zero attached hydrogens (tertiary/aromatic N) is 1. The molecule has 0 bridgehead atoms. The van der Waals surface area contributed by atoms with E-state index in [1.54, 1.807) is 6.08 Å². The Hall–Kier alpha value is -1.57. The SMILES string of the molecule is O=C(C=C1CCOCC1)NC1CCN(C(=O)C(F)(F)F)CC1. The fourth-order valence-electron chi connectivity index (χ4n) is 2.61. The van der Waals surface area contributed by atoms with Crippen LogP contribution in [0.1, 0.15) is 25.7 Å². The fraction of sp³-hybridized carbons (Fsp3) is 0.714. The molecule has 0 aliphatic carbocycles. The highest BCUT2D eigenvalue weighted by Gasteiger charge is 2.43.